The third-order valence-corrected chi connectivity index (χ3v) is 3.32. The molecule has 0 bridgehead atoms. The molecular formula is C13H13BrFNO3. The quantitative estimate of drug-likeness (QED) is 0.369. The molecule has 1 atom stereocenters. The molecule has 1 aromatic rings. The van der Waals surface area contributed by atoms with Gasteiger partial charge in [-0.15, -0.1) is 0 Å². The van der Waals surface area contributed by atoms with Gasteiger partial charge in [-0.25, -0.2) is 4.39 Å². The second-order valence-electron chi connectivity index (χ2n) is 3.81. The van der Waals surface area contributed by atoms with E-state index in [9.17, 15) is 14.0 Å². The van der Waals surface area contributed by atoms with E-state index >= 15 is 0 Å². The first-order valence-corrected chi connectivity index (χ1v) is 6.22. The average Bonchev–Trinajstić information content (AvgIpc) is 2.38. The number of ketones is 1. The summed E-state index contributed by atoms with van der Waals surface area (Å²) in [6.45, 7) is 1.57. The largest absolute Gasteiger partial charge is 0.468 e. The number of rotatable bonds is 4. The smallest absolute Gasteiger partial charge is 0.322 e. The Hall–Kier alpha value is -1.56. The third kappa shape index (κ3) is 3.47. The summed E-state index contributed by atoms with van der Waals surface area (Å²) >= 11 is 3.11. The highest BCUT2D eigenvalue weighted by Crippen LogP contribution is 2.22. The summed E-state index contributed by atoms with van der Waals surface area (Å²) < 4.78 is 17.9. The standard InChI is InChI=1S/C13H13BrFNO3/c1-7(16-2)11(13(18)19-3)12(17)9-5-4-8(15)6-10(9)14/h4-6,11H,1-3H3. The number of hydrogen-bond acceptors (Lipinski definition) is 4. The fourth-order valence-electron chi connectivity index (χ4n) is 1.56. The molecule has 0 aliphatic heterocycles. The van der Waals surface area contributed by atoms with Gasteiger partial charge in [0.1, 0.15) is 5.82 Å². The number of benzene rings is 1. The van der Waals surface area contributed by atoms with E-state index in [1.165, 1.54) is 26.3 Å². The van der Waals surface area contributed by atoms with E-state index < -0.39 is 23.5 Å². The number of esters is 1. The van der Waals surface area contributed by atoms with Crippen molar-refractivity contribution in [1.82, 2.24) is 0 Å². The minimum atomic E-state index is -1.11. The van der Waals surface area contributed by atoms with Crippen molar-refractivity contribution in [3.63, 3.8) is 0 Å². The lowest BCUT2D eigenvalue weighted by Crippen LogP contribution is -2.31. The molecule has 0 fully saturated rings. The Bertz CT molecular complexity index is 543. The van der Waals surface area contributed by atoms with E-state index in [-0.39, 0.29) is 10.0 Å². The van der Waals surface area contributed by atoms with Crippen molar-refractivity contribution in [3.8, 4) is 0 Å². The first kappa shape index (κ1) is 15.5. The van der Waals surface area contributed by atoms with Crippen LogP contribution in [0.2, 0.25) is 0 Å². The van der Waals surface area contributed by atoms with Crippen LogP contribution >= 0.6 is 15.9 Å². The Labute approximate surface area is 118 Å². The van der Waals surface area contributed by atoms with Gasteiger partial charge in [0.2, 0.25) is 0 Å². The molecule has 0 radical (unpaired) electrons. The summed E-state index contributed by atoms with van der Waals surface area (Å²) in [5.74, 6) is -2.76. The van der Waals surface area contributed by atoms with Crippen LogP contribution in [-0.4, -0.2) is 31.6 Å². The fraction of sp³-hybridized carbons (Fsp3) is 0.308. The van der Waals surface area contributed by atoms with E-state index in [2.05, 4.69) is 25.7 Å². The van der Waals surface area contributed by atoms with Gasteiger partial charge in [0, 0.05) is 22.8 Å². The number of carbonyl (C=O) groups is 2. The Morgan fingerprint density at radius 3 is 2.53 bits per heavy atom. The predicted molar refractivity (Wildman–Crippen MR) is 73.0 cm³/mol. The number of carbonyl (C=O) groups excluding carboxylic acids is 2. The maximum absolute atomic E-state index is 13.0. The number of Topliss-reactive ketones (excluding diaryl/α,β-unsaturated/α-hetero) is 1. The molecule has 0 aromatic heterocycles. The first-order valence-electron chi connectivity index (χ1n) is 5.42. The SMILES string of the molecule is CN=C(C)C(C(=O)OC)C(=O)c1ccc(F)cc1Br. The maximum atomic E-state index is 13.0. The van der Waals surface area contributed by atoms with Crippen LogP contribution in [0.3, 0.4) is 0 Å². The lowest BCUT2D eigenvalue weighted by atomic mass is 9.93. The number of hydrogen-bond donors (Lipinski definition) is 0. The van der Waals surface area contributed by atoms with Crippen molar-refractivity contribution in [1.29, 1.82) is 0 Å². The van der Waals surface area contributed by atoms with E-state index in [4.69, 9.17) is 0 Å². The summed E-state index contributed by atoms with van der Waals surface area (Å²) in [7, 11) is 2.68. The molecule has 0 aliphatic rings. The number of ether oxygens (including phenoxy) is 1. The van der Waals surface area contributed by atoms with Gasteiger partial charge in [-0.2, -0.15) is 0 Å². The molecule has 0 N–H and O–H groups in total. The van der Waals surface area contributed by atoms with Gasteiger partial charge < -0.3 is 4.74 Å². The number of halogens is 2. The summed E-state index contributed by atoms with van der Waals surface area (Å²) in [6.07, 6.45) is 0. The molecule has 4 nitrogen and oxygen atoms in total. The van der Waals surface area contributed by atoms with Gasteiger partial charge >= 0.3 is 5.97 Å². The van der Waals surface area contributed by atoms with Crippen molar-refractivity contribution < 1.29 is 18.7 Å². The van der Waals surface area contributed by atoms with Crippen LogP contribution in [0.15, 0.2) is 27.7 Å². The Balaban J connectivity index is 3.23. The van der Waals surface area contributed by atoms with E-state index in [1.54, 1.807) is 6.92 Å². The molecule has 0 saturated heterocycles. The van der Waals surface area contributed by atoms with Crippen LogP contribution < -0.4 is 0 Å². The molecule has 1 rings (SSSR count). The highest BCUT2D eigenvalue weighted by Gasteiger charge is 2.32. The normalized spacial score (nSPS) is 13.0. The predicted octanol–water partition coefficient (Wildman–Crippen LogP) is 2.65. The Kier molecular flexibility index (Phi) is 5.35. The Morgan fingerprint density at radius 2 is 2.05 bits per heavy atom. The maximum Gasteiger partial charge on any atom is 0.322 e. The van der Waals surface area contributed by atoms with Crippen molar-refractivity contribution >= 4 is 33.4 Å². The lowest BCUT2D eigenvalue weighted by molar-refractivity contribution is -0.141. The molecule has 0 amide bonds. The molecule has 0 saturated carbocycles. The monoisotopic (exact) mass is 329 g/mol. The zero-order valence-corrected chi connectivity index (χ0v) is 12.3. The van der Waals surface area contributed by atoms with Gasteiger partial charge in [-0.3, -0.25) is 14.6 Å². The molecule has 19 heavy (non-hydrogen) atoms. The molecule has 102 valence electrons. The van der Waals surface area contributed by atoms with Crippen LogP contribution in [0, 0.1) is 11.7 Å². The van der Waals surface area contributed by atoms with Crippen molar-refractivity contribution in [2.75, 3.05) is 14.2 Å². The van der Waals surface area contributed by atoms with Crippen molar-refractivity contribution in [2.45, 2.75) is 6.92 Å². The van der Waals surface area contributed by atoms with Crippen molar-refractivity contribution in [3.05, 3.63) is 34.1 Å². The van der Waals surface area contributed by atoms with E-state index in [0.29, 0.717) is 5.71 Å². The number of nitrogens with zero attached hydrogens (tertiary/aromatic N) is 1. The van der Waals surface area contributed by atoms with Crippen molar-refractivity contribution in [2.24, 2.45) is 10.9 Å². The van der Waals surface area contributed by atoms with Gasteiger partial charge in [-0.05, 0) is 41.1 Å². The second-order valence-corrected chi connectivity index (χ2v) is 4.66. The minimum Gasteiger partial charge on any atom is -0.468 e. The number of aliphatic imine (C=N–C) groups is 1. The first-order chi connectivity index (χ1) is 8.92. The minimum absolute atomic E-state index is 0.208. The molecular weight excluding hydrogens is 317 g/mol. The topological polar surface area (TPSA) is 55.7 Å². The van der Waals surface area contributed by atoms with Gasteiger partial charge in [0.05, 0.1) is 7.11 Å². The van der Waals surface area contributed by atoms with Gasteiger partial charge in [0.25, 0.3) is 0 Å². The summed E-state index contributed by atoms with van der Waals surface area (Å²) in [5, 5.41) is 0. The second kappa shape index (κ2) is 6.56. The van der Waals surface area contributed by atoms with Crippen LogP contribution in [0.5, 0.6) is 0 Å². The highest BCUT2D eigenvalue weighted by atomic mass is 79.9. The highest BCUT2D eigenvalue weighted by molar-refractivity contribution is 9.10. The Morgan fingerprint density at radius 1 is 1.42 bits per heavy atom. The molecule has 0 spiro atoms. The summed E-state index contributed by atoms with van der Waals surface area (Å²) in [6, 6.07) is 3.64. The lowest BCUT2D eigenvalue weighted by Gasteiger charge is -2.14. The van der Waals surface area contributed by atoms with Crippen LogP contribution in [-0.2, 0) is 9.53 Å². The summed E-state index contributed by atoms with van der Waals surface area (Å²) in [5.41, 5.74) is 0.549. The molecule has 6 heteroatoms. The van der Waals surface area contributed by atoms with Crippen LogP contribution in [0.4, 0.5) is 4.39 Å². The average molecular weight is 330 g/mol. The van der Waals surface area contributed by atoms with Crippen LogP contribution in [0.25, 0.3) is 0 Å². The molecule has 1 aromatic carbocycles. The van der Waals surface area contributed by atoms with Crippen LogP contribution in [0.1, 0.15) is 17.3 Å². The fourth-order valence-corrected chi connectivity index (χ4v) is 2.11. The van der Waals surface area contributed by atoms with Gasteiger partial charge in [0.15, 0.2) is 11.7 Å². The van der Waals surface area contributed by atoms with Gasteiger partial charge in [-0.1, -0.05) is 0 Å². The number of methoxy groups -OCH3 is 1. The van der Waals surface area contributed by atoms with E-state index in [0.717, 1.165) is 6.07 Å². The molecule has 1 unspecified atom stereocenters. The molecule has 0 aliphatic carbocycles. The van der Waals surface area contributed by atoms with E-state index in [1.807, 2.05) is 0 Å². The zero-order chi connectivity index (χ0) is 14.6. The third-order valence-electron chi connectivity index (χ3n) is 2.67. The molecule has 0 heterocycles. The summed E-state index contributed by atoms with van der Waals surface area (Å²) in [4.78, 5) is 27.9. The zero-order valence-electron chi connectivity index (χ0n) is 10.7.